The van der Waals surface area contributed by atoms with Gasteiger partial charge in [0, 0.05) is 16.5 Å². The van der Waals surface area contributed by atoms with Gasteiger partial charge in [-0.05, 0) is 24.3 Å². The number of hydrogen-bond donors (Lipinski definition) is 2. The van der Waals surface area contributed by atoms with E-state index in [2.05, 4.69) is 15.2 Å². The van der Waals surface area contributed by atoms with Gasteiger partial charge in [0.2, 0.25) is 0 Å². The van der Waals surface area contributed by atoms with Gasteiger partial charge in [-0.1, -0.05) is 66.7 Å². The van der Waals surface area contributed by atoms with Crippen molar-refractivity contribution in [2.45, 2.75) is 0 Å². The van der Waals surface area contributed by atoms with E-state index in [1.165, 1.54) is 11.3 Å². The second kappa shape index (κ2) is 8.95. The highest BCUT2D eigenvalue weighted by atomic mass is 32.1. The van der Waals surface area contributed by atoms with Crippen LogP contribution in [0.3, 0.4) is 0 Å². The second-order valence-corrected chi connectivity index (χ2v) is 8.87. The Bertz CT molecular complexity index is 1170. The predicted octanol–water partition coefficient (Wildman–Crippen LogP) is 5.84. The molecule has 3 aromatic carbocycles. The van der Waals surface area contributed by atoms with Gasteiger partial charge in [-0.15, -0.1) is 11.3 Å². The first kappa shape index (κ1) is 19.9. The number of aromatic nitrogens is 1. The van der Waals surface area contributed by atoms with E-state index in [0.29, 0.717) is 16.4 Å². The number of carbonyl (C=O) groups excluding carboxylic acids is 1. The summed E-state index contributed by atoms with van der Waals surface area (Å²) < 4.78 is 19.3. The molecule has 8 heteroatoms. The second-order valence-electron chi connectivity index (χ2n) is 6.28. The maximum atomic E-state index is 13.6. The lowest BCUT2D eigenvalue weighted by molar-refractivity contribution is 0.0978. The molecular formula is C22H18N3O3PS. The normalized spacial score (nSPS) is 12.5. The van der Waals surface area contributed by atoms with Gasteiger partial charge in [-0.3, -0.25) is 15.0 Å². The van der Waals surface area contributed by atoms with Crippen LogP contribution >= 0.6 is 19.0 Å². The van der Waals surface area contributed by atoms with Gasteiger partial charge in [-0.25, -0.2) is 9.55 Å². The fourth-order valence-electron chi connectivity index (χ4n) is 2.68. The zero-order valence-corrected chi connectivity index (χ0v) is 17.5. The summed E-state index contributed by atoms with van der Waals surface area (Å²) in [6, 6.07) is 26.9. The Morgan fingerprint density at radius 1 is 0.867 bits per heavy atom. The third kappa shape index (κ3) is 4.95. The summed E-state index contributed by atoms with van der Waals surface area (Å²) >= 11 is 1.28. The molecule has 0 fully saturated rings. The minimum Gasteiger partial charge on any atom is -0.414 e. The van der Waals surface area contributed by atoms with Crippen LogP contribution in [0.5, 0.6) is 5.75 Å². The first-order valence-corrected chi connectivity index (χ1v) is 11.6. The third-order valence-corrected chi connectivity index (χ3v) is 6.46. The summed E-state index contributed by atoms with van der Waals surface area (Å²) in [5.74, 6) is -0.149. The molecule has 150 valence electrons. The summed E-state index contributed by atoms with van der Waals surface area (Å²) in [5.41, 5.74) is 2.05. The van der Waals surface area contributed by atoms with E-state index in [1.54, 1.807) is 54.6 Å². The van der Waals surface area contributed by atoms with Gasteiger partial charge in [0.1, 0.15) is 5.75 Å². The SMILES string of the molecule is O=C(NP(=O)(Nc1nc(-c2ccccc2)cs1)Oc1ccccc1)c1ccccc1. The van der Waals surface area contributed by atoms with Crippen molar-refractivity contribution in [2.24, 2.45) is 0 Å². The summed E-state index contributed by atoms with van der Waals surface area (Å²) in [5, 5.41) is 7.54. The van der Waals surface area contributed by atoms with Gasteiger partial charge >= 0.3 is 7.67 Å². The molecule has 1 heterocycles. The predicted molar refractivity (Wildman–Crippen MR) is 120 cm³/mol. The van der Waals surface area contributed by atoms with E-state index in [1.807, 2.05) is 41.8 Å². The molecule has 2 N–H and O–H groups in total. The zero-order chi connectivity index (χ0) is 20.8. The van der Waals surface area contributed by atoms with Crippen molar-refractivity contribution in [3.8, 4) is 17.0 Å². The highest BCUT2D eigenvalue weighted by molar-refractivity contribution is 7.60. The Labute approximate surface area is 178 Å². The Balaban J connectivity index is 1.59. The molecule has 4 rings (SSSR count). The molecule has 1 atom stereocenters. The fraction of sp³-hybridized carbons (Fsp3) is 0. The largest absolute Gasteiger partial charge is 0.448 e. The van der Waals surface area contributed by atoms with Gasteiger partial charge < -0.3 is 4.52 Å². The van der Waals surface area contributed by atoms with E-state index in [9.17, 15) is 9.36 Å². The number of carbonyl (C=O) groups is 1. The van der Waals surface area contributed by atoms with Crippen LogP contribution in [-0.4, -0.2) is 10.9 Å². The standard InChI is InChI=1S/C22H18N3O3PS/c26-21(18-12-6-2-7-13-18)24-29(27,28-19-14-8-3-9-15-19)25-22-23-20(16-30-22)17-10-4-1-5-11-17/h1-16H,(H2,23,24,25,26,27). The van der Waals surface area contributed by atoms with Crippen LogP contribution in [0.25, 0.3) is 11.3 Å². The molecule has 1 unspecified atom stereocenters. The number of nitrogens with one attached hydrogen (secondary N) is 2. The summed E-state index contributed by atoms with van der Waals surface area (Å²) in [6.45, 7) is 0. The number of anilines is 1. The molecule has 1 amide bonds. The number of rotatable bonds is 7. The molecule has 0 saturated heterocycles. The quantitative estimate of drug-likeness (QED) is 0.357. The highest BCUT2D eigenvalue weighted by Crippen LogP contribution is 2.44. The van der Waals surface area contributed by atoms with Crippen LogP contribution in [-0.2, 0) is 4.57 Å². The van der Waals surface area contributed by atoms with Crippen LogP contribution in [0.2, 0.25) is 0 Å². The molecule has 0 aliphatic carbocycles. The van der Waals surface area contributed by atoms with E-state index >= 15 is 0 Å². The minimum absolute atomic E-state index is 0.363. The Morgan fingerprint density at radius 2 is 1.47 bits per heavy atom. The Kier molecular flexibility index (Phi) is 5.93. The van der Waals surface area contributed by atoms with Gasteiger partial charge in [0.15, 0.2) is 5.13 Å². The lowest BCUT2D eigenvalue weighted by Gasteiger charge is -2.20. The molecule has 0 radical (unpaired) electrons. The topological polar surface area (TPSA) is 80.3 Å². The molecule has 6 nitrogen and oxygen atoms in total. The molecule has 0 aliphatic rings. The first-order valence-electron chi connectivity index (χ1n) is 9.13. The van der Waals surface area contributed by atoms with Gasteiger partial charge in [0.25, 0.3) is 5.91 Å². The first-order chi connectivity index (χ1) is 14.6. The van der Waals surface area contributed by atoms with Crippen LogP contribution in [0.15, 0.2) is 96.4 Å². The molecule has 30 heavy (non-hydrogen) atoms. The molecule has 4 aromatic rings. The summed E-state index contributed by atoms with van der Waals surface area (Å²) in [4.78, 5) is 17.1. The van der Waals surface area contributed by atoms with E-state index in [-0.39, 0.29) is 0 Å². The van der Waals surface area contributed by atoms with Crippen molar-refractivity contribution >= 4 is 30.0 Å². The number of hydrogen-bond acceptors (Lipinski definition) is 5. The van der Waals surface area contributed by atoms with Crippen molar-refractivity contribution in [1.29, 1.82) is 0 Å². The lowest BCUT2D eigenvalue weighted by atomic mass is 10.2. The zero-order valence-electron chi connectivity index (χ0n) is 15.8. The minimum atomic E-state index is -3.86. The van der Waals surface area contributed by atoms with Gasteiger partial charge in [0.05, 0.1) is 5.69 Å². The van der Waals surface area contributed by atoms with Crippen molar-refractivity contribution in [3.63, 3.8) is 0 Å². The van der Waals surface area contributed by atoms with E-state index in [4.69, 9.17) is 4.52 Å². The van der Waals surface area contributed by atoms with Crippen molar-refractivity contribution in [3.05, 3.63) is 102 Å². The molecule has 0 bridgehead atoms. The summed E-state index contributed by atoms with van der Waals surface area (Å²) in [6.07, 6.45) is 0. The molecule has 1 aromatic heterocycles. The maximum absolute atomic E-state index is 13.6. The molecule has 0 saturated carbocycles. The van der Waals surface area contributed by atoms with Crippen LogP contribution in [0, 0.1) is 0 Å². The average molecular weight is 435 g/mol. The molecule has 0 aliphatic heterocycles. The number of nitrogens with zero attached hydrogens (tertiary/aromatic N) is 1. The van der Waals surface area contributed by atoms with E-state index in [0.717, 1.165) is 11.3 Å². The van der Waals surface area contributed by atoms with Crippen LogP contribution in [0.4, 0.5) is 5.13 Å². The number of para-hydroxylation sites is 1. The van der Waals surface area contributed by atoms with E-state index < -0.39 is 13.6 Å². The number of thiazole rings is 1. The molecule has 0 spiro atoms. The van der Waals surface area contributed by atoms with Crippen LogP contribution in [0.1, 0.15) is 10.4 Å². The monoisotopic (exact) mass is 435 g/mol. The van der Waals surface area contributed by atoms with Gasteiger partial charge in [-0.2, -0.15) is 0 Å². The summed E-state index contributed by atoms with van der Waals surface area (Å²) in [7, 11) is -3.86. The average Bonchev–Trinajstić information content (AvgIpc) is 3.23. The fourth-order valence-corrected chi connectivity index (χ4v) is 5.08. The van der Waals surface area contributed by atoms with Crippen molar-refractivity contribution in [2.75, 3.05) is 5.09 Å². The number of amides is 1. The lowest BCUT2D eigenvalue weighted by Crippen LogP contribution is -2.26. The third-order valence-electron chi connectivity index (χ3n) is 4.08. The Hall–Kier alpha value is -3.41. The number of benzene rings is 3. The molecular weight excluding hydrogens is 417 g/mol. The van der Waals surface area contributed by atoms with Crippen molar-refractivity contribution in [1.82, 2.24) is 10.1 Å². The Morgan fingerprint density at radius 3 is 2.13 bits per heavy atom. The maximum Gasteiger partial charge on any atom is 0.448 e. The smallest absolute Gasteiger partial charge is 0.414 e. The van der Waals surface area contributed by atoms with Crippen LogP contribution < -0.4 is 14.7 Å². The highest BCUT2D eigenvalue weighted by Gasteiger charge is 2.30. The van der Waals surface area contributed by atoms with Crippen molar-refractivity contribution < 1.29 is 13.9 Å².